The Hall–Kier alpha value is -1.51. The van der Waals surface area contributed by atoms with Crippen LogP contribution in [-0.4, -0.2) is 19.7 Å². The average Bonchev–Trinajstić information content (AvgIpc) is 2.34. The minimum Gasteiger partial charge on any atom is -0.493 e. The molecule has 0 amide bonds. The zero-order valence-corrected chi connectivity index (χ0v) is 12.7. The molecule has 0 saturated heterocycles. The maximum Gasteiger partial charge on any atom is 0.337 e. The fourth-order valence-corrected chi connectivity index (χ4v) is 1.74. The standard InChI is InChI=1S/C16H24O3/c1-11(2)10-19-14-8-7-12(15(17)18-6)9-13(14)16(3,4)5/h7-9,11H,10H2,1-6H3. The van der Waals surface area contributed by atoms with Crippen molar-refractivity contribution in [3.63, 3.8) is 0 Å². The molecule has 0 spiro atoms. The Kier molecular flexibility index (Phi) is 4.98. The molecular formula is C16H24O3. The Bertz CT molecular complexity index is 442. The summed E-state index contributed by atoms with van der Waals surface area (Å²) in [5, 5.41) is 0. The van der Waals surface area contributed by atoms with Crippen molar-refractivity contribution in [2.45, 2.75) is 40.0 Å². The van der Waals surface area contributed by atoms with E-state index in [0.717, 1.165) is 11.3 Å². The van der Waals surface area contributed by atoms with Gasteiger partial charge in [-0.1, -0.05) is 34.6 Å². The SMILES string of the molecule is COC(=O)c1ccc(OCC(C)C)c(C(C)(C)C)c1. The molecule has 1 aromatic carbocycles. The van der Waals surface area contributed by atoms with Crippen LogP contribution in [-0.2, 0) is 10.2 Å². The number of methoxy groups -OCH3 is 1. The van der Waals surface area contributed by atoms with Gasteiger partial charge in [-0.3, -0.25) is 0 Å². The van der Waals surface area contributed by atoms with E-state index in [9.17, 15) is 4.79 Å². The first kappa shape index (κ1) is 15.5. The van der Waals surface area contributed by atoms with Crippen molar-refractivity contribution in [3.8, 4) is 5.75 Å². The minimum atomic E-state index is -0.319. The number of esters is 1. The molecule has 1 rings (SSSR count). The van der Waals surface area contributed by atoms with Gasteiger partial charge in [0.2, 0.25) is 0 Å². The minimum absolute atomic E-state index is 0.0870. The first-order chi connectivity index (χ1) is 8.75. The molecule has 0 N–H and O–H groups in total. The van der Waals surface area contributed by atoms with Crippen molar-refractivity contribution >= 4 is 5.97 Å². The van der Waals surface area contributed by atoms with Gasteiger partial charge in [0.05, 0.1) is 19.3 Å². The number of rotatable bonds is 4. The molecule has 0 radical (unpaired) electrons. The molecule has 0 aliphatic carbocycles. The molecular weight excluding hydrogens is 240 g/mol. The number of hydrogen-bond donors (Lipinski definition) is 0. The van der Waals surface area contributed by atoms with E-state index in [4.69, 9.17) is 9.47 Å². The molecule has 3 heteroatoms. The van der Waals surface area contributed by atoms with Gasteiger partial charge in [0.25, 0.3) is 0 Å². The van der Waals surface area contributed by atoms with Gasteiger partial charge in [-0.05, 0) is 29.5 Å². The van der Waals surface area contributed by atoms with Crippen LogP contribution < -0.4 is 4.74 Å². The van der Waals surface area contributed by atoms with Gasteiger partial charge in [0.15, 0.2) is 0 Å². The van der Waals surface area contributed by atoms with Crippen LogP contribution in [0.1, 0.15) is 50.5 Å². The monoisotopic (exact) mass is 264 g/mol. The maximum absolute atomic E-state index is 11.6. The predicted octanol–water partition coefficient (Wildman–Crippen LogP) is 3.81. The van der Waals surface area contributed by atoms with Crippen LogP contribution in [0.25, 0.3) is 0 Å². The van der Waals surface area contributed by atoms with E-state index < -0.39 is 0 Å². The normalized spacial score (nSPS) is 11.5. The molecule has 0 aliphatic heterocycles. The number of carbonyl (C=O) groups is 1. The van der Waals surface area contributed by atoms with Crippen LogP contribution in [0.5, 0.6) is 5.75 Å². The number of benzene rings is 1. The highest BCUT2D eigenvalue weighted by atomic mass is 16.5. The summed E-state index contributed by atoms with van der Waals surface area (Å²) in [7, 11) is 1.39. The number of hydrogen-bond acceptors (Lipinski definition) is 3. The highest BCUT2D eigenvalue weighted by Crippen LogP contribution is 2.32. The Morgan fingerprint density at radius 1 is 1.26 bits per heavy atom. The molecule has 0 saturated carbocycles. The molecule has 0 fully saturated rings. The van der Waals surface area contributed by atoms with Crippen molar-refractivity contribution in [2.24, 2.45) is 5.92 Å². The van der Waals surface area contributed by atoms with E-state index in [1.807, 2.05) is 12.1 Å². The molecule has 0 atom stereocenters. The summed E-state index contributed by atoms with van der Waals surface area (Å²) in [5.74, 6) is 0.989. The second kappa shape index (κ2) is 6.09. The van der Waals surface area contributed by atoms with Gasteiger partial charge < -0.3 is 9.47 Å². The van der Waals surface area contributed by atoms with Crippen LogP contribution >= 0.6 is 0 Å². The van der Waals surface area contributed by atoms with Crippen LogP contribution in [0.15, 0.2) is 18.2 Å². The molecule has 106 valence electrons. The molecule has 1 aromatic rings. The summed E-state index contributed by atoms with van der Waals surface area (Å²) in [6.07, 6.45) is 0. The second-order valence-corrected chi connectivity index (χ2v) is 6.16. The van der Waals surface area contributed by atoms with E-state index >= 15 is 0 Å². The largest absolute Gasteiger partial charge is 0.493 e. The fourth-order valence-electron chi connectivity index (χ4n) is 1.74. The summed E-state index contributed by atoms with van der Waals surface area (Å²) in [4.78, 5) is 11.6. The predicted molar refractivity (Wildman–Crippen MR) is 76.8 cm³/mol. The van der Waals surface area contributed by atoms with E-state index in [1.54, 1.807) is 6.07 Å². The van der Waals surface area contributed by atoms with Crippen molar-refractivity contribution in [1.82, 2.24) is 0 Å². The van der Waals surface area contributed by atoms with Crippen molar-refractivity contribution in [1.29, 1.82) is 0 Å². The maximum atomic E-state index is 11.6. The Labute approximate surface area is 115 Å². The second-order valence-electron chi connectivity index (χ2n) is 6.16. The molecule has 19 heavy (non-hydrogen) atoms. The Morgan fingerprint density at radius 3 is 2.37 bits per heavy atom. The third-order valence-corrected chi connectivity index (χ3v) is 2.78. The van der Waals surface area contributed by atoms with Crippen LogP contribution in [0.3, 0.4) is 0 Å². The van der Waals surface area contributed by atoms with Crippen molar-refractivity contribution in [2.75, 3.05) is 13.7 Å². The smallest absolute Gasteiger partial charge is 0.337 e. The van der Waals surface area contributed by atoms with Crippen LogP contribution in [0.2, 0.25) is 0 Å². The van der Waals surface area contributed by atoms with E-state index in [-0.39, 0.29) is 11.4 Å². The molecule has 0 bridgehead atoms. The molecule has 3 nitrogen and oxygen atoms in total. The lowest BCUT2D eigenvalue weighted by Crippen LogP contribution is -2.16. The zero-order chi connectivity index (χ0) is 14.6. The van der Waals surface area contributed by atoms with E-state index in [0.29, 0.717) is 18.1 Å². The summed E-state index contributed by atoms with van der Waals surface area (Å²) < 4.78 is 10.6. The average molecular weight is 264 g/mol. The van der Waals surface area contributed by atoms with E-state index in [1.165, 1.54) is 7.11 Å². The van der Waals surface area contributed by atoms with E-state index in [2.05, 4.69) is 34.6 Å². The summed E-state index contributed by atoms with van der Waals surface area (Å²) >= 11 is 0. The quantitative estimate of drug-likeness (QED) is 0.776. The van der Waals surface area contributed by atoms with Crippen LogP contribution in [0.4, 0.5) is 0 Å². The highest BCUT2D eigenvalue weighted by molar-refractivity contribution is 5.89. The Morgan fingerprint density at radius 2 is 1.89 bits per heavy atom. The van der Waals surface area contributed by atoms with Gasteiger partial charge >= 0.3 is 5.97 Å². The lowest BCUT2D eigenvalue weighted by Gasteiger charge is -2.24. The van der Waals surface area contributed by atoms with Crippen molar-refractivity contribution < 1.29 is 14.3 Å². The summed E-state index contributed by atoms with van der Waals surface area (Å²) in [5.41, 5.74) is 1.50. The molecule has 0 heterocycles. The first-order valence-corrected chi connectivity index (χ1v) is 6.61. The van der Waals surface area contributed by atoms with Gasteiger partial charge in [-0.15, -0.1) is 0 Å². The fraction of sp³-hybridized carbons (Fsp3) is 0.562. The third kappa shape index (κ3) is 4.27. The highest BCUT2D eigenvalue weighted by Gasteiger charge is 2.21. The lowest BCUT2D eigenvalue weighted by atomic mass is 9.85. The number of ether oxygens (including phenoxy) is 2. The third-order valence-electron chi connectivity index (χ3n) is 2.78. The number of carbonyl (C=O) groups excluding carboxylic acids is 1. The van der Waals surface area contributed by atoms with Gasteiger partial charge in [-0.2, -0.15) is 0 Å². The zero-order valence-electron chi connectivity index (χ0n) is 12.7. The topological polar surface area (TPSA) is 35.5 Å². The molecule has 0 unspecified atom stereocenters. The summed E-state index contributed by atoms with van der Waals surface area (Å²) in [6.45, 7) is 11.2. The lowest BCUT2D eigenvalue weighted by molar-refractivity contribution is 0.0600. The van der Waals surface area contributed by atoms with Gasteiger partial charge in [0, 0.05) is 5.56 Å². The van der Waals surface area contributed by atoms with Crippen LogP contribution in [0, 0.1) is 5.92 Å². The summed E-state index contributed by atoms with van der Waals surface area (Å²) in [6, 6.07) is 5.47. The Balaban J connectivity index is 3.14. The first-order valence-electron chi connectivity index (χ1n) is 6.61. The van der Waals surface area contributed by atoms with Crippen molar-refractivity contribution in [3.05, 3.63) is 29.3 Å². The van der Waals surface area contributed by atoms with Gasteiger partial charge in [0.1, 0.15) is 5.75 Å². The molecule has 0 aromatic heterocycles. The van der Waals surface area contributed by atoms with Gasteiger partial charge in [-0.25, -0.2) is 4.79 Å². The molecule has 0 aliphatic rings.